The van der Waals surface area contributed by atoms with Gasteiger partial charge < -0.3 is 4.74 Å². The predicted octanol–water partition coefficient (Wildman–Crippen LogP) is 2.21. The summed E-state index contributed by atoms with van der Waals surface area (Å²) in [4.78, 5) is 0. The van der Waals surface area contributed by atoms with E-state index >= 15 is 0 Å². The molecule has 0 aliphatic carbocycles. The molecular weight excluding hydrogens is 292 g/mol. The van der Waals surface area contributed by atoms with Crippen LogP contribution in [0.2, 0.25) is 0 Å². The minimum atomic E-state index is 0.0441. The van der Waals surface area contributed by atoms with Crippen LogP contribution in [0.15, 0.2) is 6.20 Å². The van der Waals surface area contributed by atoms with Crippen LogP contribution >= 0.6 is 23.5 Å². The highest BCUT2D eigenvalue weighted by molar-refractivity contribution is 8.07. The number of nitrogens with two attached hydrogens (primary N) is 1. The van der Waals surface area contributed by atoms with E-state index in [4.69, 9.17) is 10.6 Å². The zero-order valence-electron chi connectivity index (χ0n) is 12.5. The van der Waals surface area contributed by atoms with Gasteiger partial charge >= 0.3 is 0 Å². The fourth-order valence-corrected chi connectivity index (χ4v) is 5.47. The fraction of sp³-hybridized carbons (Fsp3) is 0.769. The molecule has 3 unspecified atom stereocenters. The molecule has 0 amide bonds. The molecule has 7 heteroatoms. The first-order valence-electron chi connectivity index (χ1n) is 6.90. The molecule has 1 aromatic rings. The molecule has 114 valence electrons. The summed E-state index contributed by atoms with van der Waals surface area (Å²) in [5, 5.41) is 5.42. The van der Waals surface area contributed by atoms with E-state index in [1.165, 1.54) is 5.75 Å². The number of rotatable bonds is 5. The summed E-state index contributed by atoms with van der Waals surface area (Å²) >= 11 is 3.99. The quantitative estimate of drug-likeness (QED) is 0.641. The maximum absolute atomic E-state index is 5.88. The lowest BCUT2D eigenvalue weighted by molar-refractivity contribution is 0.381. The van der Waals surface area contributed by atoms with Gasteiger partial charge in [0.1, 0.15) is 5.69 Å². The summed E-state index contributed by atoms with van der Waals surface area (Å²) in [7, 11) is 1.69. The molecule has 3 atom stereocenters. The molecule has 0 spiro atoms. The average Bonchev–Trinajstić information content (AvgIpc) is 2.86. The van der Waals surface area contributed by atoms with E-state index in [1.54, 1.807) is 13.3 Å². The number of nitrogens with one attached hydrogen (secondary N) is 1. The van der Waals surface area contributed by atoms with Gasteiger partial charge in [-0.3, -0.25) is 16.0 Å². The topological polar surface area (TPSA) is 65.1 Å². The monoisotopic (exact) mass is 316 g/mol. The zero-order chi connectivity index (χ0) is 14.7. The van der Waals surface area contributed by atoms with Crippen molar-refractivity contribution in [3.8, 4) is 5.75 Å². The SMILES string of the molecule is COc1cnn(C(C)C)c1C(NN)C1SCCSC1C. The Morgan fingerprint density at radius 3 is 2.70 bits per heavy atom. The third kappa shape index (κ3) is 3.10. The van der Waals surface area contributed by atoms with Crippen molar-refractivity contribution < 1.29 is 4.74 Å². The standard InChI is InChI=1S/C13H24N4OS2/c1-8(2)17-12(10(18-4)7-15-17)11(16-14)13-9(3)19-5-6-20-13/h7-9,11,13,16H,5-6,14H2,1-4H3. The van der Waals surface area contributed by atoms with Crippen LogP contribution in [0.3, 0.4) is 0 Å². The van der Waals surface area contributed by atoms with Crippen LogP contribution in [0.5, 0.6) is 5.75 Å². The van der Waals surface area contributed by atoms with E-state index in [0.29, 0.717) is 10.5 Å². The maximum atomic E-state index is 5.88. The van der Waals surface area contributed by atoms with Gasteiger partial charge in [-0.25, -0.2) is 0 Å². The Labute approximate surface area is 129 Å². The number of nitrogens with zero attached hydrogens (tertiary/aromatic N) is 2. The molecule has 0 bridgehead atoms. The zero-order valence-corrected chi connectivity index (χ0v) is 14.1. The van der Waals surface area contributed by atoms with E-state index in [0.717, 1.165) is 17.2 Å². The van der Waals surface area contributed by atoms with Crippen molar-refractivity contribution in [1.29, 1.82) is 0 Å². The lowest BCUT2D eigenvalue weighted by atomic mass is 10.1. The van der Waals surface area contributed by atoms with Crippen LogP contribution in [0.4, 0.5) is 0 Å². The lowest BCUT2D eigenvalue weighted by Crippen LogP contribution is -2.42. The van der Waals surface area contributed by atoms with E-state index < -0.39 is 0 Å². The third-order valence-corrected chi connectivity index (χ3v) is 6.74. The first kappa shape index (κ1) is 16.0. The Morgan fingerprint density at radius 2 is 2.15 bits per heavy atom. The molecule has 1 aromatic heterocycles. The molecule has 3 N–H and O–H groups in total. The first-order valence-corrected chi connectivity index (χ1v) is 9.00. The van der Waals surface area contributed by atoms with Crippen molar-refractivity contribution in [2.75, 3.05) is 18.6 Å². The molecular formula is C13H24N4OS2. The van der Waals surface area contributed by atoms with Crippen molar-refractivity contribution in [3.05, 3.63) is 11.9 Å². The lowest BCUT2D eigenvalue weighted by Gasteiger charge is -2.34. The largest absolute Gasteiger partial charge is 0.493 e. The Balaban J connectivity index is 2.37. The number of aromatic nitrogens is 2. The number of thioether (sulfide) groups is 2. The molecule has 2 heterocycles. The summed E-state index contributed by atoms with van der Waals surface area (Å²) < 4.78 is 7.50. The van der Waals surface area contributed by atoms with Crippen molar-refractivity contribution in [1.82, 2.24) is 15.2 Å². The molecule has 5 nitrogen and oxygen atoms in total. The Hall–Kier alpha value is -0.370. The summed E-state index contributed by atoms with van der Waals surface area (Å²) in [6, 6.07) is 0.323. The van der Waals surface area contributed by atoms with E-state index in [-0.39, 0.29) is 12.1 Å². The normalized spacial score (nSPS) is 24.9. The van der Waals surface area contributed by atoms with Gasteiger partial charge in [-0.1, -0.05) is 6.92 Å². The van der Waals surface area contributed by atoms with Crippen molar-refractivity contribution in [2.45, 2.75) is 43.4 Å². The molecule has 1 aliphatic heterocycles. The number of hydrogen-bond acceptors (Lipinski definition) is 6. The number of hydrogen-bond donors (Lipinski definition) is 2. The molecule has 1 fully saturated rings. The fourth-order valence-electron chi connectivity index (χ4n) is 2.57. The summed E-state index contributed by atoms with van der Waals surface area (Å²) in [5.41, 5.74) is 4.05. The van der Waals surface area contributed by atoms with Crippen LogP contribution in [0.1, 0.15) is 38.5 Å². The van der Waals surface area contributed by atoms with E-state index in [2.05, 4.69) is 31.3 Å². The summed E-state index contributed by atoms with van der Waals surface area (Å²) in [6.45, 7) is 6.51. The van der Waals surface area contributed by atoms with Crippen LogP contribution in [0, 0.1) is 0 Å². The van der Waals surface area contributed by atoms with Gasteiger partial charge in [0.15, 0.2) is 5.75 Å². The molecule has 20 heavy (non-hydrogen) atoms. The maximum Gasteiger partial charge on any atom is 0.161 e. The second kappa shape index (κ2) is 7.06. The number of hydrazine groups is 1. The van der Waals surface area contributed by atoms with Gasteiger partial charge in [0, 0.05) is 28.0 Å². The Bertz CT molecular complexity index is 438. The molecule has 1 aliphatic rings. The van der Waals surface area contributed by atoms with Gasteiger partial charge in [-0.05, 0) is 13.8 Å². The molecule has 0 radical (unpaired) electrons. The number of ether oxygens (including phenoxy) is 1. The predicted molar refractivity (Wildman–Crippen MR) is 87.4 cm³/mol. The average molecular weight is 316 g/mol. The highest BCUT2D eigenvalue weighted by atomic mass is 32.2. The van der Waals surface area contributed by atoms with Crippen LogP contribution in [0.25, 0.3) is 0 Å². The highest BCUT2D eigenvalue weighted by Crippen LogP contribution is 2.41. The van der Waals surface area contributed by atoms with Crippen LogP contribution in [-0.2, 0) is 0 Å². The Morgan fingerprint density at radius 1 is 1.45 bits per heavy atom. The molecule has 2 rings (SSSR count). The van der Waals surface area contributed by atoms with Crippen molar-refractivity contribution in [3.63, 3.8) is 0 Å². The molecule has 0 aromatic carbocycles. The second-order valence-electron chi connectivity index (χ2n) is 5.19. The van der Waals surface area contributed by atoms with E-state index in [1.807, 2.05) is 28.2 Å². The van der Waals surface area contributed by atoms with Gasteiger partial charge in [0.25, 0.3) is 0 Å². The van der Waals surface area contributed by atoms with Gasteiger partial charge in [-0.15, -0.1) is 0 Å². The van der Waals surface area contributed by atoms with Gasteiger partial charge in [0.2, 0.25) is 0 Å². The van der Waals surface area contributed by atoms with Crippen molar-refractivity contribution in [2.24, 2.45) is 5.84 Å². The highest BCUT2D eigenvalue weighted by Gasteiger charge is 2.35. The van der Waals surface area contributed by atoms with Crippen molar-refractivity contribution >= 4 is 23.5 Å². The summed E-state index contributed by atoms with van der Waals surface area (Å²) in [5.74, 6) is 9.06. The molecule has 1 saturated heterocycles. The first-order chi connectivity index (χ1) is 9.60. The van der Waals surface area contributed by atoms with Gasteiger partial charge in [-0.2, -0.15) is 28.6 Å². The minimum Gasteiger partial charge on any atom is -0.493 e. The van der Waals surface area contributed by atoms with Gasteiger partial charge in [0.05, 0.1) is 19.3 Å². The third-order valence-electron chi connectivity index (χ3n) is 3.55. The summed E-state index contributed by atoms with van der Waals surface area (Å²) in [6.07, 6.45) is 1.78. The number of methoxy groups -OCH3 is 1. The van der Waals surface area contributed by atoms with Crippen LogP contribution in [-0.4, -0.2) is 38.9 Å². The minimum absolute atomic E-state index is 0.0441. The van der Waals surface area contributed by atoms with E-state index in [9.17, 15) is 0 Å². The van der Waals surface area contributed by atoms with Crippen LogP contribution < -0.4 is 16.0 Å². The molecule has 0 saturated carbocycles. The second-order valence-corrected chi connectivity index (χ2v) is 7.96. The Kier molecular flexibility index (Phi) is 5.65. The smallest absolute Gasteiger partial charge is 0.161 e.